The van der Waals surface area contributed by atoms with Gasteiger partial charge in [0.05, 0.1) is 0 Å². The van der Waals surface area contributed by atoms with Gasteiger partial charge in [0.1, 0.15) is 5.60 Å². The minimum absolute atomic E-state index is 0.189. The average Bonchev–Trinajstić information content (AvgIpc) is 2.44. The Morgan fingerprint density at radius 3 is 2.86 bits per heavy atom. The molecule has 122 valence electrons. The summed E-state index contributed by atoms with van der Waals surface area (Å²) in [5.74, 6) is 1.13. The van der Waals surface area contributed by atoms with Crippen molar-refractivity contribution in [2.24, 2.45) is 0 Å². The van der Waals surface area contributed by atoms with Crippen LogP contribution in [0.25, 0.3) is 0 Å². The molecular weight excluding hydrogens is 296 g/mol. The average molecular weight is 322 g/mol. The number of nitrogens with one attached hydrogen (secondary N) is 2. The number of hydrogen-bond donors (Lipinski definition) is 2. The largest absolute Gasteiger partial charge is 0.444 e. The fraction of sp³-hybridized carbons (Fsp3) is 0.588. The summed E-state index contributed by atoms with van der Waals surface area (Å²) in [6, 6.07) is 9.08. The van der Waals surface area contributed by atoms with Crippen LogP contribution in [-0.4, -0.2) is 30.0 Å². The number of rotatable bonds is 4. The maximum atomic E-state index is 11.7. The molecule has 1 heterocycles. The molecule has 1 aromatic carbocycles. The van der Waals surface area contributed by atoms with E-state index < -0.39 is 5.60 Å². The first-order valence-electron chi connectivity index (χ1n) is 7.80. The first-order valence-corrected chi connectivity index (χ1v) is 8.78. The van der Waals surface area contributed by atoms with E-state index in [1.165, 1.54) is 10.5 Å². The summed E-state index contributed by atoms with van der Waals surface area (Å²) in [5, 5.41) is 6.43. The third kappa shape index (κ3) is 5.21. The van der Waals surface area contributed by atoms with E-state index in [9.17, 15) is 4.79 Å². The van der Waals surface area contributed by atoms with Gasteiger partial charge in [0, 0.05) is 23.5 Å². The molecule has 0 saturated carbocycles. The second kappa shape index (κ2) is 7.38. The molecule has 0 fully saturated rings. The van der Waals surface area contributed by atoms with Crippen LogP contribution in [0, 0.1) is 0 Å². The summed E-state index contributed by atoms with van der Waals surface area (Å²) < 4.78 is 5.25. The van der Waals surface area contributed by atoms with Crippen molar-refractivity contribution in [1.82, 2.24) is 10.6 Å². The standard InChI is InChI=1S/C17H26N2O2S/c1-12(11-18-16(20)21-17(2,3)4)19-14-9-10-22-15-8-6-5-7-13(14)15/h5-8,12,14,19H,9-11H2,1-4H3,(H,18,20). The van der Waals surface area contributed by atoms with Crippen molar-refractivity contribution in [3.8, 4) is 0 Å². The Bertz CT molecular complexity index is 514. The predicted octanol–water partition coefficient (Wildman–Crippen LogP) is 3.73. The van der Waals surface area contributed by atoms with E-state index in [0.717, 1.165) is 12.2 Å². The van der Waals surface area contributed by atoms with Gasteiger partial charge in [-0.05, 0) is 51.5 Å². The van der Waals surface area contributed by atoms with Crippen molar-refractivity contribution in [3.63, 3.8) is 0 Å². The molecule has 0 saturated heterocycles. The molecule has 2 unspecified atom stereocenters. The van der Waals surface area contributed by atoms with Crippen molar-refractivity contribution < 1.29 is 9.53 Å². The van der Waals surface area contributed by atoms with Gasteiger partial charge in [0.25, 0.3) is 0 Å². The molecule has 1 aromatic rings. The van der Waals surface area contributed by atoms with Crippen LogP contribution in [0.1, 0.15) is 45.7 Å². The Morgan fingerprint density at radius 2 is 2.14 bits per heavy atom. The molecule has 1 amide bonds. The van der Waals surface area contributed by atoms with E-state index in [2.05, 4.69) is 41.8 Å². The quantitative estimate of drug-likeness (QED) is 0.887. The van der Waals surface area contributed by atoms with Crippen LogP contribution >= 0.6 is 11.8 Å². The van der Waals surface area contributed by atoms with E-state index in [0.29, 0.717) is 12.6 Å². The van der Waals surface area contributed by atoms with Gasteiger partial charge >= 0.3 is 6.09 Å². The molecule has 0 spiro atoms. The number of ether oxygens (including phenoxy) is 1. The van der Waals surface area contributed by atoms with E-state index in [1.807, 2.05) is 32.5 Å². The van der Waals surface area contributed by atoms with Crippen LogP contribution in [0.2, 0.25) is 0 Å². The van der Waals surface area contributed by atoms with Gasteiger partial charge in [-0.3, -0.25) is 0 Å². The zero-order valence-electron chi connectivity index (χ0n) is 13.8. The molecule has 0 radical (unpaired) electrons. The summed E-state index contributed by atoms with van der Waals surface area (Å²) in [4.78, 5) is 13.0. The minimum Gasteiger partial charge on any atom is -0.444 e. The fourth-order valence-electron chi connectivity index (χ4n) is 2.47. The molecule has 4 nitrogen and oxygen atoms in total. The topological polar surface area (TPSA) is 50.4 Å². The zero-order chi connectivity index (χ0) is 16.2. The Hall–Kier alpha value is -1.20. The van der Waals surface area contributed by atoms with E-state index >= 15 is 0 Å². The molecule has 1 aliphatic heterocycles. The highest BCUT2D eigenvalue weighted by atomic mass is 32.2. The summed E-state index contributed by atoms with van der Waals surface area (Å²) in [7, 11) is 0. The van der Waals surface area contributed by atoms with Gasteiger partial charge in [0.2, 0.25) is 0 Å². The number of fused-ring (bicyclic) bond motifs is 1. The molecule has 2 N–H and O–H groups in total. The Labute approximate surface area is 137 Å². The fourth-order valence-corrected chi connectivity index (χ4v) is 3.59. The summed E-state index contributed by atoms with van der Waals surface area (Å²) >= 11 is 1.91. The van der Waals surface area contributed by atoms with Gasteiger partial charge in [0.15, 0.2) is 0 Å². The monoisotopic (exact) mass is 322 g/mol. The molecule has 22 heavy (non-hydrogen) atoms. The predicted molar refractivity (Wildman–Crippen MR) is 91.4 cm³/mol. The second-order valence-corrected chi connectivity index (χ2v) is 7.81. The SMILES string of the molecule is CC(CNC(=O)OC(C)(C)C)NC1CCSc2ccccc21. The van der Waals surface area contributed by atoms with Crippen LogP contribution in [0.3, 0.4) is 0 Å². The first kappa shape index (κ1) is 17.2. The lowest BCUT2D eigenvalue weighted by molar-refractivity contribution is 0.0522. The maximum absolute atomic E-state index is 11.7. The van der Waals surface area contributed by atoms with Gasteiger partial charge in [-0.25, -0.2) is 4.79 Å². The number of amides is 1. The number of benzene rings is 1. The zero-order valence-corrected chi connectivity index (χ0v) is 14.6. The minimum atomic E-state index is -0.458. The molecule has 0 bridgehead atoms. The summed E-state index contributed by atoms with van der Waals surface area (Å²) in [6.07, 6.45) is 0.749. The van der Waals surface area contributed by atoms with Crippen LogP contribution in [0.15, 0.2) is 29.2 Å². The first-order chi connectivity index (χ1) is 10.3. The number of carbonyl (C=O) groups excluding carboxylic acids is 1. The molecule has 5 heteroatoms. The number of alkyl carbamates (subject to hydrolysis) is 1. The smallest absolute Gasteiger partial charge is 0.407 e. The van der Waals surface area contributed by atoms with Crippen LogP contribution in [-0.2, 0) is 4.74 Å². The maximum Gasteiger partial charge on any atom is 0.407 e. The van der Waals surface area contributed by atoms with Gasteiger partial charge < -0.3 is 15.4 Å². The van der Waals surface area contributed by atoms with Gasteiger partial charge in [-0.15, -0.1) is 11.8 Å². The van der Waals surface area contributed by atoms with Crippen molar-refractivity contribution >= 4 is 17.9 Å². The summed E-state index contributed by atoms with van der Waals surface area (Å²) in [5.41, 5.74) is 0.906. The normalized spacial score (nSPS) is 19.2. The third-order valence-corrected chi connectivity index (χ3v) is 4.52. The highest BCUT2D eigenvalue weighted by molar-refractivity contribution is 7.99. The highest BCUT2D eigenvalue weighted by Crippen LogP contribution is 2.35. The molecular formula is C17H26N2O2S. The molecule has 1 aliphatic rings. The van der Waals surface area contributed by atoms with Crippen LogP contribution < -0.4 is 10.6 Å². The van der Waals surface area contributed by atoms with E-state index in [1.54, 1.807) is 0 Å². The molecule has 0 aliphatic carbocycles. The Morgan fingerprint density at radius 1 is 1.41 bits per heavy atom. The molecule has 2 atom stereocenters. The Kier molecular flexibility index (Phi) is 5.75. The molecule has 2 rings (SSSR count). The summed E-state index contributed by atoms with van der Waals surface area (Å²) in [6.45, 7) is 8.24. The number of hydrogen-bond acceptors (Lipinski definition) is 4. The van der Waals surface area contributed by atoms with Crippen molar-refractivity contribution in [2.75, 3.05) is 12.3 Å². The second-order valence-electron chi connectivity index (χ2n) is 6.68. The van der Waals surface area contributed by atoms with Gasteiger partial charge in [-0.2, -0.15) is 0 Å². The van der Waals surface area contributed by atoms with Crippen LogP contribution in [0.5, 0.6) is 0 Å². The highest BCUT2D eigenvalue weighted by Gasteiger charge is 2.22. The lowest BCUT2D eigenvalue weighted by Gasteiger charge is -2.29. The van der Waals surface area contributed by atoms with E-state index in [-0.39, 0.29) is 12.1 Å². The molecule has 0 aromatic heterocycles. The number of thioether (sulfide) groups is 1. The van der Waals surface area contributed by atoms with Crippen molar-refractivity contribution in [3.05, 3.63) is 29.8 Å². The Balaban J connectivity index is 1.83. The van der Waals surface area contributed by atoms with Gasteiger partial charge in [-0.1, -0.05) is 18.2 Å². The van der Waals surface area contributed by atoms with Crippen LogP contribution in [0.4, 0.5) is 4.79 Å². The number of carbonyl (C=O) groups is 1. The lowest BCUT2D eigenvalue weighted by Crippen LogP contribution is -2.42. The van der Waals surface area contributed by atoms with Crippen molar-refractivity contribution in [1.29, 1.82) is 0 Å². The van der Waals surface area contributed by atoms with Crippen molar-refractivity contribution in [2.45, 2.75) is 56.7 Å². The van der Waals surface area contributed by atoms with E-state index in [4.69, 9.17) is 4.74 Å². The third-order valence-electron chi connectivity index (χ3n) is 3.40. The lowest BCUT2D eigenvalue weighted by atomic mass is 10.0.